The molecule has 1 aromatic carbocycles. The van der Waals surface area contributed by atoms with Crippen LogP contribution < -0.4 is 9.62 Å². The maximum atomic E-state index is 14.1. The van der Waals surface area contributed by atoms with Crippen molar-refractivity contribution in [3.63, 3.8) is 0 Å². The van der Waals surface area contributed by atoms with Crippen molar-refractivity contribution in [1.29, 1.82) is 0 Å². The van der Waals surface area contributed by atoms with Crippen LogP contribution in [0.4, 0.5) is 10.1 Å². The first-order valence-corrected chi connectivity index (χ1v) is 9.60. The molecule has 8 heteroatoms. The fourth-order valence-corrected chi connectivity index (χ4v) is 3.69. The topological polar surface area (TPSA) is 79.4 Å². The first-order valence-electron chi connectivity index (χ1n) is 7.75. The van der Waals surface area contributed by atoms with Crippen molar-refractivity contribution in [1.82, 2.24) is 10.3 Å². The van der Waals surface area contributed by atoms with E-state index in [4.69, 9.17) is 0 Å². The lowest BCUT2D eigenvalue weighted by Gasteiger charge is -2.30. The number of hydrogen-bond acceptors (Lipinski definition) is 4. The third kappa shape index (κ3) is 4.76. The Morgan fingerprint density at radius 1 is 1.28 bits per heavy atom. The normalized spacial score (nSPS) is 12.4. The van der Waals surface area contributed by atoms with Gasteiger partial charge in [-0.3, -0.25) is 14.1 Å². The smallest absolute Gasteiger partial charge is 0.244 e. The number of nitrogens with one attached hydrogen (secondary N) is 1. The Labute approximate surface area is 146 Å². The monoisotopic (exact) mass is 365 g/mol. The highest BCUT2D eigenvalue weighted by atomic mass is 32.2. The van der Waals surface area contributed by atoms with Crippen molar-refractivity contribution < 1.29 is 17.6 Å². The number of hydrogen-bond donors (Lipinski definition) is 1. The van der Waals surface area contributed by atoms with Gasteiger partial charge in [-0.25, -0.2) is 12.8 Å². The zero-order chi connectivity index (χ0) is 18.4. The van der Waals surface area contributed by atoms with Gasteiger partial charge in [-0.1, -0.05) is 25.1 Å². The summed E-state index contributed by atoms with van der Waals surface area (Å²) < 4.78 is 39.4. The highest BCUT2D eigenvalue weighted by molar-refractivity contribution is 7.92. The molecule has 2 aromatic rings. The second kappa shape index (κ2) is 8.06. The maximum Gasteiger partial charge on any atom is 0.244 e. The van der Waals surface area contributed by atoms with Crippen LogP contribution in [-0.2, 0) is 21.4 Å². The number of sulfonamides is 1. The number of halogens is 1. The Hall–Kier alpha value is -2.48. The van der Waals surface area contributed by atoms with Gasteiger partial charge >= 0.3 is 0 Å². The number of rotatable bonds is 7. The summed E-state index contributed by atoms with van der Waals surface area (Å²) in [5.74, 6) is -1.20. The van der Waals surface area contributed by atoms with Crippen molar-refractivity contribution in [2.75, 3.05) is 10.6 Å². The third-order valence-corrected chi connectivity index (χ3v) is 4.77. The number of carbonyl (C=O) groups is 1. The van der Waals surface area contributed by atoms with Crippen LogP contribution >= 0.6 is 0 Å². The zero-order valence-electron chi connectivity index (χ0n) is 14.0. The van der Waals surface area contributed by atoms with Crippen LogP contribution in [0, 0.1) is 5.82 Å². The van der Waals surface area contributed by atoms with E-state index in [0.717, 1.165) is 22.2 Å². The molecule has 1 N–H and O–H groups in total. The number of carbonyl (C=O) groups excluding carboxylic acids is 1. The van der Waals surface area contributed by atoms with Gasteiger partial charge in [0.2, 0.25) is 15.9 Å². The molecule has 0 spiro atoms. The van der Waals surface area contributed by atoms with Gasteiger partial charge in [0, 0.05) is 18.9 Å². The fraction of sp³-hybridized carbons (Fsp3) is 0.294. The molecule has 1 atom stereocenters. The number of pyridine rings is 1. The second-order valence-corrected chi connectivity index (χ2v) is 7.37. The summed E-state index contributed by atoms with van der Waals surface area (Å²) in [4.78, 5) is 16.5. The van der Waals surface area contributed by atoms with Gasteiger partial charge in [-0.05, 0) is 30.2 Å². The van der Waals surface area contributed by atoms with Crippen molar-refractivity contribution in [3.05, 3.63) is 60.2 Å². The van der Waals surface area contributed by atoms with E-state index in [0.29, 0.717) is 0 Å². The van der Waals surface area contributed by atoms with E-state index in [1.807, 2.05) is 0 Å². The Bertz CT molecular complexity index is 828. The average Bonchev–Trinajstić information content (AvgIpc) is 2.58. The highest BCUT2D eigenvalue weighted by Crippen LogP contribution is 2.25. The van der Waals surface area contributed by atoms with E-state index in [2.05, 4.69) is 10.3 Å². The molecule has 2 rings (SSSR count). The zero-order valence-corrected chi connectivity index (χ0v) is 14.8. The number of para-hydroxylation sites is 1. The summed E-state index contributed by atoms with van der Waals surface area (Å²) in [6.07, 6.45) is 4.37. The third-order valence-electron chi connectivity index (χ3n) is 3.61. The molecule has 6 nitrogen and oxygen atoms in total. The van der Waals surface area contributed by atoms with Crippen molar-refractivity contribution >= 4 is 21.6 Å². The fourth-order valence-electron chi connectivity index (χ4n) is 2.48. The van der Waals surface area contributed by atoms with Gasteiger partial charge < -0.3 is 5.32 Å². The molecule has 1 aromatic heterocycles. The predicted molar refractivity (Wildman–Crippen MR) is 93.9 cm³/mol. The largest absolute Gasteiger partial charge is 0.350 e. The Morgan fingerprint density at radius 2 is 2.00 bits per heavy atom. The quantitative estimate of drug-likeness (QED) is 0.815. The van der Waals surface area contributed by atoms with Crippen molar-refractivity contribution in [2.24, 2.45) is 0 Å². The van der Waals surface area contributed by atoms with Gasteiger partial charge in [0.25, 0.3) is 0 Å². The Balaban J connectivity index is 2.27. The lowest BCUT2D eigenvalue weighted by atomic mass is 10.1. The summed E-state index contributed by atoms with van der Waals surface area (Å²) in [6, 6.07) is 7.96. The molecular weight excluding hydrogens is 345 g/mol. The molecule has 0 fully saturated rings. The minimum atomic E-state index is -3.86. The molecule has 0 bridgehead atoms. The van der Waals surface area contributed by atoms with E-state index in [9.17, 15) is 17.6 Å². The molecule has 0 saturated heterocycles. The molecule has 0 unspecified atom stereocenters. The molecular formula is C17H20FN3O3S. The molecule has 134 valence electrons. The standard InChI is InChI=1S/C17H20FN3O3S/c1-3-15(17(22)20-12-13-7-6-10-19-11-13)21(25(2,23)24)16-9-5-4-8-14(16)18/h4-11,15H,3,12H2,1-2H3,(H,20,22)/t15-/m1/s1. The van der Waals surface area contributed by atoms with Gasteiger partial charge in [0.15, 0.2) is 0 Å². The van der Waals surface area contributed by atoms with Gasteiger partial charge in [0.1, 0.15) is 11.9 Å². The highest BCUT2D eigenvalue weighted by Gasteiger charge is 2.32. The van der Waals surface area contributed by atoms with E-state index >= 15 is 0 Å². The minimum Gasteiger partial charge on any atom is -0.350 e. The van der Waals surface area contributed by atoms with E-state index < -0.39 is 27.8 Å². The van der Waals surface area contributed by atoms with Crippen LogP contribution in [-0.4, -0.2) is 31.6 Å². The molecule has 25 heavy (non-hydrogen) atoms. The molecule has 1 heterocycles. The van der Waals surface area contributed by atoms with Crippen LogP contribution in [0.25, 0.3) is 0 Å². The van der Waals surface area contributed by atoms with Gasteiger partial charge in [-0.15, -0.1) is 0 Å². The molecule has 0 aliphatic heterocycles. The predicted octanol–water partition coefficient (Wildman–Crippen LogP) is 2.08. The molecule has 0 aliphatic carbocycles. The number of aromatic nitrogens is 1. The van der Waals surface area contributed by atoms with Crippen molar-refractivity contribution in [3.8, 4) is 0 Å². The molecule has 0 aliphatic rings. The van der Waals surface area contributed by atoms with Crippen LogP contribution in [0.3, 0.4) is 0 Å². The number of amides is 1. The molecule has 0 radical (unpaired) electrons. The summed E-state index contributed by atoms with van der Waals surface area (Å²) in [5, 5.41) is 2.68. The molecule has 0 saturated carbocycles. The van der Waals surface area contributed by atoms with Gasteiger partial charge in [0.05, 0.1) is 11.9 Å². The first-order chi connectivity index (χ1) is 11.8. The van der Waals surface area contributed by atoms with E-state index in [1.54, 1.807) is 31.5 Å². The lowest BCUT2D eigenvalue weighted by molar-refractivity contribution is -0.122. The van der Waals surface area contributed by atoms with Crippen LogP contribution in [0.1, 0.15) is 18.9 Å². The van der Waals surface area contributed by atoms with Crippen LogP contribution in [0.5, 0.6) is 0 Å². The van der Waals surface area contributed by atoms with E-state index in [1.165, 1.54) is 18.2 Å². The minimum absolute atomic E-state index is 0.145. The lowest BCUT2D eigenvalue weighted by Crippen LogP contribution is -2.49. The summed E-state index contributed by atoms with van der Waals surface area (Å²) in [5.41, 5.74) is 0.635. The Kier molecular flexibility index (Phi) is 6.08. The average molecular weight is 365 g/mol. The Morgan fingerprint density at radius 3 is 2.56 bits per heavy atom. The summed E-state index contributed by atoms with van der Waals surface area (Å²) in [7, 11) is -3.86. The summed E-state index contributed by atoms with van der Waals surface area (Å²) in [6.45, 7) is 1.88. The van der Waals surface area contributed by atoms with Gasteiger partial charge in [-0.2, -0.15) is 0 Å². The maximum absolute atomic E-state index is 14.1. The summed E-state index contributed by atoms with van der Waals surface area (Å²) >= 11 is 0. The van der Waals surface area contributed by atoms with Crippen molar-refractivity contribution in [2.45, 2.75) is 25.9 Å². The number of nitrogens with zero attached hydrogens (tertiary/aromatic N) is 2. The van der Waals surface area contributed by atoms with E-state index in [-0.39, 0.29) is 18.7 Å². The number of benzene rings is 1. The number of anilines is 1. The first kappa shape index (κ1) is 18.9. The van der Waals surface area contributed by atoms with Crippen LogP contribution in [0.2, 0.25) is 0 Å². The second-order valence-electron chi connectivity index (χ2n) is 5.51. The molecule has 1 amide bonds. The van der Waals surface area contributed by atoms with Crippen LogP contribution in [0.15, 0.2) is 48.8 Å². The SMILES string of the molecule is CC[C@H](C(=O)NCc1cccnc1)N(c1ccccc1F)S(C)(=O)=O.